The van der Waals surface area contributed by atoms with E-state index in [4.69, 9.17) is 5.11 Å². The van der Waals surface area contributed by atoms with Crippen LogP contribution in [0.1, 0.15) is 18.4 Å². The number of aromatic hydroxyl groups is 1. The molecule has 1 heterocycles. The zero-order valence-corrected chi connectivity index (χ0v) is 9.21. The quantitative estimate of drug-likeness (QED) is 0.780. The fourth-order valence-corrected chi connectivity index (χ4v) is 1.70. The Hall–Kier alpha value is -1.77. The van der Waals surface area contributed by atoms with Gasteiger partial charge in [-0.2, -0.15) is 5.10 Å². The molecule has 0 radical (unpaired) electrons. The summed E-state index contributed by atoms with van der Waals surface area (Å²) in [6.07, 6.45) is 7.12. The molecule has 0 spiro atoms. The molecule has 0 aliphatic rings. The molecular formula is C13H16N2O. The largest absolute Gasteiger partial charge is 0.508 e. The van der Waals surface area contributed by atoms with Gasteiger partial charge < -0.3 is 5.11 Å². The Morgan fingerprint density at radius 2 is 1.94 bits per heavy atom. The van der Waals surface area contributed by atoms with Crippen LogP contribution in [-0.2, 0) is 13.0 Å². The van der Waals surface area contributed by atoms with Crippen LogP contribution < -0.4 is 0 Å². The van der Waals surface area contributed by atoms with E-state index in [-0.39, 0.29) is 0 Å². The van der Waals surface area contributed by atoms with E-state index in [1.807, 2.05) is 29.1 Å². The van der Waals surface area contributed by atoms with Gasteiger partial charge in [0.05, 0.1) is 0 Å². The van der Waals surface area contributed by atoms with Crippen molar-refractivity contribution >= 4 is 0 Å². The Bertz CT molecular complexity index is 406. The lowest BCUT2D eigenvalue weighted by atomic mass is 10.1. The number of hydrogen-bond donors (Lipinski definition) is 1. The number of aromatic nitrogens is 2. The third-order valence-electron chi connectivity index (χ3n) is 2.60. The van der Waals surface area contributed by atoms with Crippen LogP contribution in [0.3, 0.4) is 0 Å². The Morgan fingerprint density at radius 1 is 1.12 bits per heavy atom. The highest BCUT2D eigenvalue weighted by Crippen LogP contribution is 2.11. The third-order valence-corrected chi connectivity index (χ3v) is 2.60. The zero-order valence-electron chi connectivity index (χ0n) is 9.21. The van der Waals surface area contributed by atoms with E-state index in [1.165, 1.54) is 5.56 Å². The second-order valence-corrected chi connectivity index (χ2v) is 3.89. The molecule has 0 aliphatic carbocycles. The topological polar surface area (TPSA) is 38.0 Å². The van der Waals surface area contributed by atoms with Crippen molar-refractivity contribution in [2.75, 3.05) is 0 Å². The molecule has 2 aromatic rings. The third kappa shape index (κ3) is 3.12. The maximum atomic E-state index is 9.14. The molecule has 0 fully saturated rings. The molecular weight excluding hydrogens is 200 g/mol. The van der Waals surface area contributed by atoms with Crippen LogP contribution >= 0.6 is 0 Å². The second-order valence-electron chi connectivity index (χ2n) is 3.89. The number of phenolic OH excluding ortho intramolecular Hbond substituents is 1. The van der Waals surface area contributed by atoms with Crippen molar-refractivity contribution in [2.24, 2.45) is 0 Å². The summed E-state index contributed by atoms with van der Waals surface area (Å²) in [5.41, 5.74) is 1.28. The van der Waals surface area contributed by atoms with E-state index in [9.17, 15) is 0 Å². The van der Waals surface area contributed by atoms with Crippen LogP contribution in [0, 0.1) is 0 Å². The smallest absolute Gasteiger partial charge is 0.115 e. The van der Waals surface area contributed by atoms with Crippen molar-refractivity contribution in [3.8, 4) is 5.75 Å². The van der Waals surface area contributed by atoms with Crippen molar-refractivity contribution in [3.05, 3.63) is 48.3 Å². The van der Waals surface area contributed by atoms with Gasteiger partial charge in [-0.3, -0.25) is 4.68 Å². The highest BCUT2D eigenvalue weighted by molar-refractivity contribution is 5.25. The normalized spacial score (nSPS) is 10.5. The lowest BCUT2D eigenvalue weighted by molar-refractivity contribution is 0.475. The monoisotopic (exact) mass is 216 g/mol. The summed E-state index contributed by atoms with van der Waals surface area (Å²) in [4.78, 5) is 0. The second kappa shape index (κ2) is 5.35. The first-order valence-electron chi connectivity index (χ1n) is 5.60. The van der Waals surface area contributed by atoms with Gasteiger partial charge >= 0.3 is 0 Å². The molecule has 1 aromatic heterocycles. The molecule has 0 aliphatic heterocycles. The van der Waals surface area contributed by atoms with Crippen molar-refractivity contribution in [1.29, 1.82) is 0 Å². The summed E-state index contributed by atoms with van der Waals surface area (Å²) in [7, 11) is 0. The molecule has 1 N–H and O–H groups in total. The van der Waals surface area contributed by atoms with Gasteiger partial charge in [-0.05, 0) is 43.0 Å². The molecule has 0 atom stereocenters. The Balaban J connectivity index is 1.70. The van der Waals surface area contributed by atoms with Gasteiger partial charge in [-0.25, -0.2) is 0 Å². The van der Waals surface area contributed by atoms with E-state index >= 15 is 0 Å². The minimum absolute atomic E-state index is 0.334. The minimum Gasteiger partial charge on any atom is -0.508 e. The number of benzene rings is 1. The first kappa shape index (κ1) is 10.7. The molecule has 0 saturated carbocycles. The molecule has 0 bridgehead atoms. The first-order chi connectivity index (χ1) is 7.84. The molecule has 84 valence electrons. The van der Waals surface area contributed by atoms with Gasteiger partial charge in [0.25, 0.3) is 0 Å². The number of phenols is 1. The summed E-state index contributed by atoms with van der Waals surface area (Å²) >= 11 is 0. The summed E-state index contributed by atoms with van der Waals surface area (Å²) in [6, 6.07) is 9.37. The highest BCUT2D eigenvalue weighted by Gasteiger charge is 1.95. The first-order valence-corrected chi connectivity index (χ1v) is 5.60. The van der Waals surface area contributed by atoms with E-state index in [0.717, 1.165) is 25.8 Å². The molecule has 0 amide bonds. The van der Waals surface area contributed by atoms with Gasteiger partial charge in [-0.15, -0.1) is 0 Å². The van der Waals surface area contributed by atoms with E-state index in [0.29, 0.717) is 5.75 Å². The maximum absolute atomic E-state index is 9.14. The Kier molecular flexibility index (Phi) is 3.59. The molecule has 1 aromatic carbocycles. The van der Waals surface area contributed by atoms with E-state index in [1.54, 1.807) is 18.3 Å². The predicted molar refractivity (Wildman–Crippen MR) is 63.3 cm³/mol. The standard InChI is InChI=1S/C13H16N2O/c16-13-7-5-12(6-8-13)4-1-2-10-15-11-3-9-14-15/h3,5-9,11,16H,1-2,4,10H2. The van der Waals surface area contributed by atoms with Crippen molar-refractivity contribution in [3.63, 3.8) is 0 Å². The number of nitrogens with zero attached hydrogens (tertiary/aromatic N) is 2. The molecule has 0 saturated heterocycles. The van der Waals surface area contributed by atoms with Crippen LogP contribution in [0.4, 0.5) is 0 Å². The Labute approximate surface area is 95.3 Å². The van der Waals surface area contributed by atoms with E-state index < -0.39 is 0 Å². The fraction of sp³-hybridized carbons (Fsp3) is 0.308. The average molecular weight is 216 g/mol. The van der Waals surface area contributed by atoms with Crippen molar-refractivity contribution in [1.82, 2.24) is 9.78 Å². The van der Waals surface area contributed by atoms with Crippen molar-refractivity contribution in [2.45, 2.75) is 25.8 Å². The maximum Gasteiger partial charge on any atom is 0.115 e. The molecule has 2 rings (SSSR count). The molecule has 16 heavy (non-hydrogen) atoms. The average Bonchev–Trinajstić information content (AvgIpc) is 2.80. The number of rotatable bonds is 5. The lowest BCUT2D eigenvalue weighted by Crippen LogP contribution is -1.98. The molecule has 0 unspecified atom stereocenters. The fourth-order valence-electron chi connectivity index (χ4n) is 1.70. The van der Waals surface area contributed by atoms with Gasteiger partial charge in [0.15, 0.2) is 0 Å². The number of aryl methyl sites for hydroxylation is 2. The van der Waals surface area contributed by atoms with Gasteiger partial charge in [0.1, 0.15) is 5.75 Å². The van der Waals surface area contributed by atoms with Gasteiger partial charge in [-0.1, -0.05) is 12.1 Å². The van der Waals surface area contributed by atoms with Crippen LogP contribution in [-0.4, -0.2) is 14.9 Å². The van der Waals surface area contributed by atoms with E-state index in [2.05, 4.69) is 5.10 Å². The van der Waals surface area contributed by atoms with Gasteiger partial charge in [0, 0.05) is 18.9 Å². The number of hydrogen-bond acceptors (Lipinski definition) is 2. The predicted octanol–water partition coefficient (Wildman–Crippen LogP) is 2.61. The summed E-state index contributed by atoms with van der Waals surface area (Å²) < 4.78 is 1.96. The zero-order chi connectivity index (χ0) is 11.2. The highest BCUT2D eigenvalue weighted by atomic mass is 16.3. The summed E-state index contributed by atoms with van der Waals surface area (Å²) in [6.45, 7) is 0.977. The van der Waals surface area contributed by atoms with Crippen molar-refractivity contribution < 1.29 is 5.11 Å². The summed E-state index contributed by atoms with van der Waals surface area (Å²) in [5, 5.41) is 13.3. The minimum atomic E-state index is 0.334. The van der Waals surface area contributed by atoms with Crippen LogP contribution in [0.2, 0.25) is 0 Å². The Morgan fingerprint density at radius 3 is 2.62 bits per heavy atom. The summed E-state index contributed by atoms with van der Waals surface area (Å²) in [5.74, 6) is 0.334. The van der Waals surface area contributed by atoms with Crippen LogP contribution in [0.5, 0.6) is 5.75 Å². The molecule has 3 nitrogen and oxygen atoms in total. The van der Waals surface area contributed by atoms with Crippen LogP contribution in [0.25, 0.3) is 0 Å². The molecule has 3 heteroatoms. The number of unbranched alkanes of at least 4 members (excludes halogenated alkanes) is 1. The SMILES string of the molecule is Oc1ccc(CCCCn2cccn2)cc1. The van der Waals surface area contributed by atoms with Crippen LogP contribution in [0.15, 0.2) is 42.7 Å². The van der Waals surface area contributed by atoms with Gasteiger partial charge in [0.2, 0.25) is 0 Å². The lowest BCUT2D eigenvalue weighted by Gasteiger charge is -2.02.